The molecule has 6 unspecified atom stereocenters. The van der Waals surface area contributed by atoms with Crippen LogP contribution < -0.4 is 10.1 Å². The van der Waals surface area contributed by atoms with Crippen molar-refractivity contribution in [1.82, 2.24) is 15.3 Å². The summed E-state index contributed by atoms with van der Waals surface area (Å²) in [6.07, 6.45) is 9.65. The van der Waals surface area contributed by atoms with E-state index in [0.717, 1.165) is 44.9 Å². The van der Waals surface area contributed by atoms with E-state index >= 15 is 0 Å². The SMILES string of the molecule is COc1cnc(C(=O)NCCCC2Cc3cc(O)ccc3C3CCC4(C)C(O)CCC4C23)cn1. The number of ether oxygens (including phenoxy) is 1. The smallest absolute Gasteiger partial charge is 0.271 e. The van der Waals surface area contributed by atoms with Gasteiger partial charge in [0.05, 0.1) is 25.6 Å². The molecular formula is C27H35N3O4. The first kappa shape index (κ1) is 23.1. The second-order valence-electron chi connectivity index (χ2n) is 10.6. The Morgan fingerprint density at radius 2 is 2.09 bits per heavy atom. The zero-order valence-corrected chi connectivity index (χ0v) is 20.0. The van der Waals surface area contributed by atoms with Crippen molar-refractivity contribution >= 4 is 5.91 Å². The third-order valence-electron chi connectivity index (χ3n) is 8.94. The molecule has 0 spiro atoms. The Labute approximate surface area is 201 Å². The van der Waals surface area contributed by atoms with Gasteiger partial charge >= 0.3 is 0 Å². The Bertz CT molecular complexity index is 1040. The van der Waals surface area contributed by atoms with E-state index in [1.165, 1.54) is 30.6 Å². The molecule has 1 heterocycles. The van der Waals surface area contributed by atoms with Gasteiger partial charge in [0.15, 0.2) is 0 Å². The first-order chi connectivity index (χ1) is 16.4. The van der Waals surface area contributed by atoms with Crippen molar-refractivity contribution < 1.29 is 19.7 Å². The summed E-state index contributed by atoms with van der Waals surface area (Å²) >= 11 is 0. The largest absolute Gasteiger partial charge is 0.508 e. The van der Waals surface area contributed by atoms with Crippen LogP contribution in [0.1, 0.15) is 73.0 Å². The van der Waals surface area contributed by atoms with Gasteiger partial charge in [0.25, 0.3) is 5.91 Å². The van der Waals surface area contributed by atoms with Crippen molar-refractivity contribution in [3.05, 3.63) is 47.4 Å². The van der Waals surface area contributed by atoms with Crippen molar-refractivity contribution in [2.75, 3.05) is 13.7 Å². The highest BCUT2D eigenvalue weighted by Crippen LogP contribution is 2.62. The number of nitrogens with zero attached hydrogens (tertiary/aromatic N) is 2. The van der Waals surface area contributed by atoms with Gasteiger partial charge in [0, 0.05) is 6.54 Å². The summed E-state index contributed by atoms with van der Waals surface area (Å²) in [5.74, 6) is 2.52. The molecule has 0 bridgehead atoms. The second kappa shape index (κ2) is 9.17. The lowest BCUT2D eigenvalue weighted by Gasteiger charge is -2.53. The second-order valence-corrected chi connectivity index (χ2v) is 10.6. The number of aromatic nitrogens is 2. The number of phenolic OH excluding ortho intramolecular Hbond substituents is 1. The molecule has 7 heteroatoms. The topological polar surface area (TPSA) is 105 Å². The van der Waals surface area contributed by atoms with Crippen LogP contribution in [0.2, 0.25) is 0 Å². The van der Waals surface area contributed by atoms with E-state index in [2.05, 4.69) is 28.3 Å². The van der Waals surface area contributed by atoms with Crippen LogP contribution in [-0.4, -0.2) is 45.8 Å². The predicted molar refractivity (Wildman–Crippen MR) is 128 cm³/mol. The van der Waals surface area contributed by atoms with Crippen molar-refractivity contribution in [1.29, 1.82) is 0 Å². The molecule has 2 aromatic rings. The van der Waals surface area contributed by atoms with Crippen LogP contribution in [0.4, 0.5) is 0 Å². The maximum absolute atomic E-state index is 12.4. The summed E-state index contributed by atoms with van der Waals surface area (Å²) in [7, 11) is 1.51. The summed E-state index contributed by atoms with van der Waals surface area (Å²) in [6, 6.07) is 5.90. The number of benzene rings is 1. The maximum Gasteiger partial charge on any atom is 0.271 e. The van der Waals surface area contributed by atoms with Crippen LogP contribution in [0.15, 0.2) is 30.6 Å². The normalized spacial score (nSPS) is 31.8. The quantitative estimate of drug-likeness (QED) is 0.560. The van der Waals surface area contributed by atoms with Gasteiger partial charge in [-0.25, -0.2) is 9.97 Å². The molecule has 0 aliphatic heterocycles. The lowest BCUT2D eigenvalue weighted by atomic mass is 9.52. The maximum atomic E-state index is 12.4. The number of nitrogens with one attached hydrogen (secondary N) is 1. The summed E-state index contributed by atoms with van der Waals surface area (Å²) in [4.78, 5) is 20.6. The Morgan fingerprint density at radius 3 is 2.85 bits per heavy atom. The molecule has 1 amide bonds. The van der Waals surface area contributed by atoms with Crippen LogP contribution in [0.25, 0.3) is 0 Å². The Kier molecular flexibility index (Phi) is 6.23. The van der Waals surface area contributed by atoms with Gasteiger partial charge in [0.2, 0.25) is 5.88 Å². The number of aliphatic hydroxyl groups excluding tert-OH is 1. The molecular weight excluding hydrogens is 430 g/mol. The number of fused-ring (bicyclic) bond motifs is 5. The van der Waals surface area contributed by atoms with Gasteiger partial charge < -0.3 is 20.3 Å². The number of carbonyl (C=O) groups excluding carboxylic acids is 1. The molecule has 3 N–H and O–H groups in total. The molecule has 3 aliphatic rings. The fourth-order valence-corrected chi connectivity index (χ4v) is 7.23. The third-order valence-corrected chi connectivity index (χ3v) is 8.94. The molecule has 0 radical (unpaired) electrons. The Balaban J connectivity index is 1.28. The molecule has 0 saturated heterocycles. The molecule has 3 aliphatic carbocycles. The number of amides is 1. The van der Waals surface area contributed by atoms with Crippen LogP contribution in [0.3, 0.4) is 0 Å². The van der Waals surface area contributed by atoms with Gasteiger partial charge in [-0.1, -0.05) is 13.0 Å². The van der Waals surface area contributed by atoms with E-state index in [0.29, 0.717) is 41.8 Å². The molecule has 1 aromatic heterocycles. The highest BCUT2D eigenvalue weighted by atomic mass is 16.5. The Morgan fingerprint density at radius 1 is 1.24 bits per heavy atom. The van der Waals surface area contributed by atoms with Crippen LogP contribution in [0.5, 0.6) is 11.6 Å². The van der Waals surface area contributed by atoms with E-state index in [-0.39, 0.29) is 23.1 Å². The van der Waals surface area contributed by atoms with Crippen LogP contribution in [0, 0.1) is 23.2 Å². The van der Waals surface area contributed by atoms with Gasteiger partial charge in [-0.3, -0.25) is 4.79 Å². The standard InChI is InChI=1S/C27H35N3O4/c1-27-10-9-20-19-6-5-18(31)13-17(19)12-16(25(20)21(27)7-8-23(27)32)4-3-11-28-26(33)22-14-30-24(34-2)15-29-22/h5-6,13-16,20-21,23,25,31-32H,3-4,7-12H2,1-2H3,(H,28,33). The number of hydrogen-bond donors (Lipinski definition) is 3. The zero-order valence-electron chi connectivity index (χ0n) is 20.0. The number of aliphatic hydroxyl groups is 1. The molecule has 2 fully saturated rings. The minimum atomic E-state index is -0.226. The monoisotopic (exact) mass is 465 g/mol. The average Bonchev–Trinajstić information content (AvgIpc) is 3.15. The lowest BCUT2D eigenvalue weighted by Crippen LogP contribution is -2.47. The van der Waals surface area contributed by atoms with E-state index in [9.17, 15) is 15.0 Å². The summed E-state index contributed by atoms with van der Waals surface area (Å²) < 4.78 is 5.00. The Hall–Kier alpha value is -2.67. The minimum Gasteiger partial charge on any atom is -0.508 e. The number of hydrogen-bond acceptors (Lipinski definition) is 6. The number of methoxy groups -OCH3 is 1. The first-order valence-electron chi connectivity index (χ1n) is 12.5. The number of carbonyl (C=O) groups is 1. The number of phenols is 1. The molecule has 182 valence electrons. The van der Waals surface area contributed by atoms with Crippen molar-refractivity contribution in [3.63, 3.8) is 0 Å². The molecule has 34 heavy (non-hydrogen) atoms. The molecule has 2 saturated carbocycles. The summed E-state index contributed by atoms with van der Waals surface area (Å²) in [5.41, 5.74) is 2.96. The minimum absolute atomic E-state index is 0.00902. The molecule has 1 aromatic carbocycles. The lowest BCUT2D eigenvalue weighted by molar-refractivity contribution is -0.0395. The average molecular weight is 466 g/mol. The summed E-state index contributed by atoms with van der Waals surface area (Å²) in [6.45, 7) is 2.88. The van der Waals surface area contributed by atoms with E-state index < -0.39 is 0 Å². The van der Waals surface area contributed by atoms with Gasteiger partial charge in [0.1, 0.15) is 11.4 Å². The molecule has 6 atom stereocenters. The van der Waals surface area contributed by atoms with E-state index in [1.54, 1.807) is 0 Å². The summed E-state index contributed by atoms with van der Waals surface area (Å²) in [5, 5.41) is 23.9. The predicted octanol–water partition coefficient (Wildman–Crippen LogP) is 3.84. The highest BCUT2D eigenvalue weighted by Gasteiger charge is 2.56. The molecule has 5 rings (SSSR count). The van der Waals surface area contributed by atoms with Gasteiger partial charge in [-0.15, -0.1) is 0 Å². The van der Waals surface area contributed by atoms with Crippen LogP contribution >= 0.6 is 0 Å². The number of rotatable bonds is 6. The molecule has 7 nitrogen and oxygen atoms in total. The van der Waals surface area contributed by atoms with E-state index in [1.807, 2.05) is 12.1 Å². The first-order valence-corrected chi connectivity index (χ1v) is 12.5. The van der Waals surface area contributed by atoms with Crippen molar-refractivity contribution in [3.8, 4) is 11.6 Å². The fraction of sp³-hybridized carbons (Fsp3) is 0.593. The van der Waals surface area contributed by atoms with Crippen molar-refractivity contribution in [2.45, 2.75) is 63.9 Å². The highest BCUT2D eigenvalue weighted by molar-refractivity contribution is 5.91. The van der Waals surface area contributed by atoms with Gasteiger partial charge in [-0.05, 0) is 97.3 Å². The zero-order chi connectivity index (χ0) is 23.9. The van der Waals surface area contributed by atoms with E-state index in [4.69, 9.17) is 4.74 Å². The fourth-order valence-electron chi connectivity index (χ4n) is 7.23. The van der Waals surface area contributed by atoms with Crippen molar-refractivity contribution in [2.24, 2.45) is 23.2 Å². The van der Waals surface area contributed by atoms with Crippen LogP contribution in [-0.2, 0) is 6.42 Å². The third kappa shape index (κ3) is 4.04. The van der Waals surface area contributed by atoms with Gasteiger partial charge in [-0.2, -0.15) is 0 Å². The number of aromatic hydroxyl groups is 1.